The number of benzene rings is 1. The van der Waals surface area contributed by atoms with Gasteiger partial charge in [-0.3, -0.25) is 0 Å². The Morgan fingerprint density at radius 3 is 3.17 bits per heavy atom. The van der Waals surface area contributed by atoms with Crippen LogP contribution in [-0.4, -0.2) is 6.61 Å². The number of ether oxygens (including phenoxy) is 1. The van der Waals surface area contributed by atoms with Crippen molar-refractivity contribution in [3.8, 4) is 5.75 Å². The number of rotatable bonds is 0. The second kappa shape index (κ2) is 2.79. The molecular weight excluding hydrogens is 150 g/mol. The number of aryl methyl sites for hydroxylation is 1. The minimum Gasteiger partial charge on any atom is -0.493 e. The first-order valence-corrected chi connectivity index (χ1v) is 4.26. The van der Waals surface area contributed by atoms with Crippen LogP contribution in [0.25, 0.3) is 0 Å². The summed E-state index contributed by atoms with van der Waals surface area (Å²) in [6.45, 7) is 2.82. The van der Waals surface area contributed by atoms with Gasteiger partial charge >= 0.3 is 0 Å². The summed E-state index contributed by atoms with van der Waals surface area (Å²) in [6, 6.07) is 6.33. The van der Waals surface area contributed by atoms with E-state index in [1.165, 1.54) is 5.56 Å². The molecule has 1 aromatic rings. The Balaban J connectivity index is 2.47. The average Bonchev–Trinajstić information content (AvgIpc) is 2.07. The zero-order valence-electron chi connectivity index (χ0n) is 7.21. The van der Waals surface area contributed by atoms with Crippen molar-refractivity contribution in [1.82, 2.24) is 0 Å². The van der Waals surface area contributed by atoms with Gasteiger partial charge in [0.2, 0.25) is 0 Å². The van der Waals surface area contributed by atoms with Gasteiger partial charge in [0.05, 0.1) is 6.61 Å². The Hall–Kier alpha value is -1.02. The first-order valence-electron chi connectivity index (χ1n) is 4.26. The van der Waals surface area contributed by atoms with Crippen molar-refractivity contribution >= 4 is 0 Å². The summed E-state index contributed by atoms with van der Waals surface area (Å²) in [7, 11) is 0. The quantitative estimate of drug-likeness (QED) is 0.632. The Morgan fingerprint density at radius 2 is 2.33 bits per heavy atom. The van der Waals surface area contributed by atoms with E-state index in [1.54, 1.807) is 0 Å². The SMILES string of the molecule is Cc1ccc2c(c1)C(N)CCO2. The van der Waals surface area contributed by atoms with Crippen molar-refractivity contribution < 1.29 is 4.74 Å². The van der Waals surface area contributed by atoms with Crippen LogP contribution in [0.5, 0.6) is 5.75 Å². The lowest BCUT2D eigenvalue weighted by atomic mass is 10.00. The average molecular weight is 163 g/mol. The molecule has 2 N–H and O–H groups in total. The van der Waals surface area contributed by atoms with Gasteiger partial charge in [-0.05, 0) is 13.0 Å². The first-order chi connectivity index (χ1) is 5.77. The zero-order valence-corrected chi connectivity index (χ0v) is 7.21. The summed E-state index contributed by atoms with van der Waals surface area (Å²) in [5.41, 5.74) is 8.33. The molecule has 0 fully saturated rings. The summed E-state index contributed by atoms with van der Waals surface area (Å²) in [5, 5.41) is 0. The highest BCUT2D eigenvalue weighted by atomic mass is 16.5. The molecule has 1 aliphatic rings. The maximum absolute atomic E-state index is 5.94. The molecule has 2 heteroatoms. The van der Waals surface area contributed by atoms with Crippen LogP contribution in [0.15, 0.2) is 18.2 Å². The molecule has 1 atom stereocenters. The molecule has 1 aromatic carbocycles. The molecule has 0 saturated carbocycles. The predicted octanol–water partition coefficient (Wildman–Crippen LogP) is 1.78. The lowest BCUT2D eigenvalue weighted by Crippen LogP contribution is -2.20. The van der Waals surface area contributed by atoms with Crippen LogP contribution in [0, 0.1) is 6.92 Å². The van der Waals surface area contributed by atoms with E-state index in [0.29, 0.717) is 0 Å². The second-order valence-corrected chi connectivity index (χ2v) is 3.28. The first kappa shape index (κ1) is 7.62. The molecule has 2 rings (SSSR count). The van der Waals surface area contributed by atoms with Crippen LogP contribution in [0.1, 0.15) is 23.6 Å². The maximum Gasteiger partial charge on any atom is 0.124 e. The fourth-order valence-corrected chi connectivity index (χ4v) is 1.54. The Kier molecular flexibility index (Phi) is 1.77. The summed E-state index contributed by atoms with van der Waals surface area (Å²) in [5.74, 6) is 0.958. The second-order valence-electron chi connectivity index (χ2n) is 3.28. The number of nitrogens with two attached hydrogens (primary N) is 1. The number of fused-ring (bicyclic) bond motifs is 1. The van der Waals surface area contributed by atoms with Crippen molar-refractivity contribution in [2.45, 2.75) is 19.4 Å². The van der Waals surface area contributed by atoms with E-state index < -0.39 is 0 Å². The fourth-order valence-electron chi connectivity index (χ4n) is 1.54. The van der Waals surface area contributed by atoms with E-state index in [4.69, 9.17) is 10.5 Å². The van der Waals surface area contributed by atoms with Crippen LogP contribution in [0.2, 0.25) is 0 Å². The molecule has 1 heterocycles. The minimum absolute atomic E-state index is 0.161. The monoisotopic (exact) mass is 163 g/mol. The fraction of sp³-hybridized carbons (Fsp3) is 0.400. The van der Waals surface area contributed by atoms with Crippen LogP contribution in [-0.2, 0) is 0 Å². The summed E-state index contributed by atoms with van der Waals surface area (Å²) < 4.78 is 5.47. The Morgan fingerprint density at radius 1 is 1.50 bits per heavy atom. The third-order valence-corrected chi connectivity index (χ3v) is 2.25. The van der Waals surface area contributed by atoms with Gasteiger partial charge in [-0.15, -0.1) is 0 Å². The van der Waals surface area contributed by atoms with Gasteiger partial charge in [0, 0.05) is 18.0 Å². The zero-order chi connectivity index (χ0) is 8.55. The highest BCUT2D eigenvalue weighted by Crippen LogP contribution is 2.30. The molecule has 0 saturated heterocycles. The molecule has 0 radical (unpaired) electrons. The van der Waals surface area contributed by atoms with Gasteiger partial charge in [-0.1, -0.05) is 17.7 Å². The molecule has 0 spiro atoms. The van der Waals surface area contributed by atoms with E-state index in [1.807, 2.05) is 6.07 Å². The summed E-state index contributed by atoms with van der Waals surface area (Å²) in [6.07, 6.45) is 0.927. The Labute approximate surface area is 72.3 Å². The molecule has 0 aromatic heterocycles. The van der Waals surface area contributed by atoms with E-state index in [0.717, 1.165) is 24.3 Å². The van der Waals surface area contributed by atoms with E-state index in [-0.39, 0.29) is 6.04 Å². The molecule has 64 valence electrons. The van der Waals surface area contributed by atoms with Crippen LogP contribution in [0.3, 0.4) is 0 Å². The van der Waals surface area contributed by atoms with Crippen LogP contribution >= 0.6 is 0 Å². The number of hydrogen-bond acceptors (Lipinski definition) is 2. The lowest BCUT2D eigenvalue weighted by molar-refractivity contribution is 0.269. The van der Waals surface area contributed by atoms with Crippen molar-refractivity contribution in [3.05, 3.63) is 29.3 Å². The normalized spacial score (nSPS) is 21.3. The third kappa shape index (κ3) is 1.18. The highest BCUT2D eigenvalue weighted by molar-refractivity contribution is 5.40. The van der Waals surface area contributed by atoms with Crippen molar-refractivity contribution in [2.75, 3.05) is 6.61 Å². The molecule has 1 unspecified atom stereocenters. The van der Waals surface area contributed by atoms with Crippen molar-refractivity contribution in [2.24, 2.45) is 5.73 Å². The smallest absolute Gasteiger partial charge is 0.124 e. The van der Waals surface area contributed by atoms with Gasteiger partial charge < -0.3 is 10.5 Å². The Bertz CT molecular complexity index is 296. The largest absolute Gasteiger partial charge is 0.493 e. The van der Waals surface area contributed by atoms with Gasteiger partial charge in [-0.25, -0.2) is 0 Å². The van der Waals surface area contributed by atoms with Gasteiger partial charge in [-0.2, -0.15) is 0 Å². The van der Waals surface area contributed by atoms with Gasteiger partial charge in [0.15, 0.2) is 0 Å². The number of hydrogen-bond donors (Lipinski definition) is 1. The maximum atomic E-state index is 5.94. The third-order valence-electron chi connectivity index (χ3n) is 2.25. The summed E-state index contributed by atoms with van der Waals surface area (Å²) >= 11 is 0. The molecule has 1 aliphatic heterocycles. The van der Waals surface area contributed by atoms with E-state index in [2.05, 4.69) is 19.1 Å². The molecule has 0 bridgehead atoms. The van der Waals surface area contributed by atoms with E-state index >= 15 is 0 Å². The topological polar surface area (TPSA) is 35.2 Å². The molecule has 0 amide bonds. The molecule has 0 aliphatic carbocycles. The van der Waals surface area contributed by atoms with Crippen LogP contribution < -0.4 is 10.5 Å². The lowest BCUT2D eigenvalue weighted by Gasteiger charge is -2.22. The molecule has 12 heavy (non-hydrogen) atoms. The van der Waals surface area contributed by atoms with Crippen molar-refractivity contribution in [1.29, 1.82) is 0 Å². The summed E-state index contributed by atoms with van der Waals surface area (Å²) in [4.78, 5) is 0. The predicted molar refractivity (Wildman–Crippen MR) is 48.2 cm³/mol. The minimum atomic E-state index is 0.161. The highest BCUT2D eigenvalue weighted by Gasteiger charge is 2.17. The van der Waals surface area contributed by atoms with Gasteiger partial charge in [0.25, 0.3) is 0 Å². The van der Waals surface area contributed by atoms with Crippen LogP contribution in [0.4, 0.5) is 0 Å². The molecular formula is C10H13NO. The van der Waals surface area contributed by atoms with Crippen molar-refractivity contribution in [3.63, 3.8) is 0 Å². The van der Waals surface area contributed by atoms with E-state index in [9.17, 15) is 0 Å². The van der Waals surface area contributed by atoms with Gasteiger partial charge in [0.1, 0.15) is 5.75 Å². The standard InChI is InChI=1S/C10H13NO/c1-7-2-3-10-8(6-7)9(11)4-5-12-10/h2-3,6,9H,4-5,11H2,1H3. The molecule has 2 nitrogen and oxygen atoms in total.